The van der Waals surface area contributed by atoms with Gasteiger partial charge in [0.2, 0.25) is 0 Å². The average molecular weight is 268 g/mol. The molecule has 0 spiro atoms. The molecule has 1 heterocycles. The molecule has 102 valence electrons. The van der Waals surface area contributed by atoms with Gasteiger partial charge in [-0.25, -0.2) is 4.98 Å². The van der Waals surface area contributed by atoms with E-state index in [2.05, 4.69) is 31.1 Å². The number of thiazole rings is 1. The summed E-state index contributed by atoms with van der Waals surface area (Å²) in [4.78, 5) is 4.30. The van der Waals surface area contributed by atoms with E-state index in [0.29, 0.717) is 12.0 Å². The Balaban J connectivity index is 1.83. The summed E-state index contributed by atoms with van der Waals surface area (Å²) in [6, 6.07) is 0.226. The molecule has 0 aliphatic heterocycles. The molecule has 2 N–H and O–H groups in total. The maximum absolute atomic E-state index is 10.6. The third-order valence-corrected chi connectivity index (χ3v) is 5.05. The van der Waals surface area contributed by atoms with Crippen LogP contribution in [0.15, 0.2) is 11.6 Å². The number of rotatable bonds is 4. The summed E-state index contributed by atoms with van der Waals surface area (Å²) in [5, 5.41) is 17.1. The van der Waals surface area contributed by atoms with E-state index >= 15 is 0 Å². The van der Waals surface area contributed by atoms with Crippen molar-refractivity contribution in [2.24, 2.45) is 5.41 Å². The van der Waals surface area contributed by atoms with E-state index in [1.54, 1.807) is 11.3 Å². The molecule has 1 aromatic rings. The van der Waals surface area contributed by atoms with Crippen LogP contribution >= 0.6 is 11.3 Å². The van der Waals surface area contributed by atoms with Crippen molar-refractivity contribution >= 4 is 11.3 Å². The highest BCUT2D eigenvalue weighted by Gasteiger charge is 2.36. The minimum Gasteiger partial charge on any atom is -0.389 e. The first-order valence-electron chi connectivity index (χ1n) is 6.75. The van der Waals surface area contributed by atoms with Gasteiger partial charge in [0.05, 0.1) is 11.6 Å². The second-order valence-corrected chi connectivity index (χ2v) is 7.29. The van der Waals surface area contributed by atoms with Crippen LogP contribution in [0.5, 0.6) is 0 Å². The molecule has 1 aromatic heterocycles. The zero-order valence-electron chi connectivity index (χ0n) is 11.6. The highest BCUT2D eigenvalue weighted by atomic mass is 32.1. The topological polar surface area (TPSA) is 45.1 Å². The fraction of sp³-hybridized carbons (Fsp3) is 0.786. The number of nitrogens with one attached hydrogen (secondary N) is 1. The molecule has 1 unspecified atom stereocenters. The molecule has 1 fully saturated rings. The number of aromatic nitrogens is 1. The van der Waals surface area contributed by atoms with Crippen molar-refractivity contribution in [2.75, 3.05) is 6.54 Å². The van der Waals surface area contributed by atoms with Crippen LogP contribution in [0.1, 0.15) is 57.5 Å². The Hall–Kier alpha value is -0.450. The van der Waals surface area contributed by atoms with Gasteiger partial charge in [0.25, 0.3) is 0 Å². The molecule has 0 bridgehead atoms. The lowest BCUT2D eigenvalue weighted by Gasteiger charge is -2.40. The molecule has 0 radical (unpaired) electrons. The minimum atomic E-state index is -0.527. The second-order valence-electron chi connectivity index (χ2n) is 6.36. The molecule has 0 saturated heterocycles. The SMILES string of the molecule is CC(NCC1(O)CCC(C)(C)CC1)c1nccs1. The normalized spacial score (nSPS) is 23.8. The maximum atomic E-state index is 10.6. The van der Waals surface area contributed by atoms with Gasteiger partial charge < -0.3 is 10.4 Å². The highest BCUT2D eigenvalue weighted by molar-refractivity contribution is 7.09. The first-order valence-corrected chi connectivity index (χ1v) is 7.63. The summed E-state index contributed by atoms with van der Waals surface area (Å²) in [7, 11) is 0. The summed E-state index contributed by atoms with van der Waals surface area (Å²) in [5.74, 6) is 0. The van der Waals surface area contributed by atoms with Crippen LogP contribution in [0.2, 0.25) is 0 Å². The highest BCUT2D eigenvalue weighted by Crippen LogP contribution is 2.40. The molecular formula is C14H24N2OS. The lowest BCUT2D eigenvalue weighted by Crippen LogP contribution is -2.45. The van der Waals surface area contributed by atoms with Crippen LogP contribution in [-0.4, -0.2) is 22.2 Å². The Labute approximate surface area is 114 Å². The van der Waals surface area contributed by atoms with Crippen LogP contribution in [0.3, 0.4) is 0 Å². The van der Waals surface area contributed by atoms with Gasteiger partial charge in [-0.2, -0.15) is 0 Å². The van der Waals surface area contributed by atoms with E-state index < -0.39 is 5.60 Å². The fourth-order valence-electron chi connectivity index (χ4n) is 2.45. The van der Waals surface area contributed by atoms with E-state index in [4.69, 9.17) is 0 Å². The lowest BCUT2D eigenvalue weighted by atomic mass is 9.71. The van der Waals surface area contributed by atoms with Gasteiger partial charge in [-0.15, -0.1) is 11.3 Å². The van der Waals surface area contributed by atoms with E-state index in [9.17, 15) is 5.11 Å². The fourth-order valence-corrected chi connectivity index (χ4v) is 3.12. The van der Waals surface area contributed by atoms with Gasteiger partial charge in [0.15, 0.2) is 0 Å². The van der Waals surface area contributed by atoms with Crippen molar-refractivity contribution in [2.45, 2.75) is 58.1 Å². The maximum Gasteiger partial charge on any atom is 0.109 e. The summed E-state index contributed by atoms with van der Waals surface area (Å²) in [6.07, 6.45) is 5.85. The Bertz CT molecular complexity index is 365. The van der Waals surface area contributed by atoms with E-state index in [1.807, 2.05) is 11.6 Å². The number of nitrogens with zero attached hydrogens (tertiary/aromatic N) is 1. The number of aliphatic hydroxyl groups is 1. The zero-order chi connectivity index (χ0) is 13.2. The van der Waals surface area contributed by atoms with Gasteiger partial charge in [0, 0.05) is 18.1 Å². The number of hydrogen-bond acceptors (Lipinski definition) is 4. The van der Waals surface area contributed by atoms with Crippen molar-refractivity contribution < 1.29 is 5.11 Å². The Kier molecular flexibility index (Phi) is 4.09. The van der Waals surface area contributed by atoms with Gasteiger partial charge in [-0.3, -0.25) is 0 Å². The summed E-state index contributed by atoms with van der Waals surface area (Å²) >= 11 is 1.66. The predicted molar refractivity (Wildman–Crippen MR) is 75.7 cm³/mol. The van der Waals surface area contributed by atoms with Crippen molar-refractivity contribution in [3.05, 3.63) is 16.6 Å². The third-order valence-electron chi connectivity index (χ3n) is 4.09. The largest absolute Gasteiger partial charge is 0.389 e. The lowest BCUT2D eigenvalue weighted by molar-refractivity contribution is -0.0258. The van der Waals surface area contributed by atoms with Gasteiger partial charge in [-0.05, 0) is 38.0 Å². The molecule has 1 aliphatic rings. The number of hydrogen-bond donors (Lipinski definition) is 2. The molecule has 2 rings (SSSR count). The molecule has 18 heavy (non-hydrogen) atoms. The molecule has 0 amide bonds. The van der Waals surface area contributed by atoms with Crippen molar-refractivity contribution in [3.63, 3.8) is 0 Å². The summed E-state index contributed by atoms with van der Waals surface area (Å²) in [6.45, 7) is 7.36. The minimum absolute atomic E-state index is 0.226. The Morgan fingerprint density at radius 3 is 2.61 bits per heavy atom. The molecule has 1 saturated carbocycles. The molecular weight excluding hydrogens is 244 g/mol. The van der Waals surface area contributed by atoms with Crippen molar-refractivity contribution in [3.8, 4) is 0 Å². The van der Waals surface area contributed by atoms with E-state index in [1.165, 1.54) is 0 Å². The third kappa shape index (κ3) is 3.53. The second kappa shape index (κ2) is 5.27. The molecule has 1 atom stereocenters. The van der Waals surface area contributed by atoms with Crippen molar-refractivity contribution in [1.82, 2.24) is 10.3 Å². The summed E-state index contributed by atoms with van der Waals surface area (Å²) < 4.78 is 0. The van der Waals surface area contributed by atoms with Crippen LogP contribution in [-0.2, 0) is 0 Å². The van der Waals surface area contributed by atoms with E-state index in [-0.39, 0.29) is 6.04 Å². The quantitative estimate of drug-likeness (QED) is 0.882. The molecule has 0 aromatic carbocycles. The van der Waals surface area contributed by atoms with Crippen LogP contribution < -0.4 is 5.32 Å². The van der Waals surface area contributed by atoms with Crippen LogP contribution in [0.25, 0.3) is 0 Å². The molecule has 3 nitrogen and oxygen atoms in total. The van der Waals surface area contributed by atoms with Gasteiger partial charge in [0.1, 0.15) is 5.01 Å². The van der Waals surface area contributed by atoms with Gasteiger partial charge in [-0.1, -0.05) is 13.8 Å². The monoisotopic (exact) mass is 268 g/mol. The van der Waals surface area contributed by atoms with Crippen molar-refractivity contribution in [1.29, 1.82) is 0 Å². The molecule has 4 heteroatoms. The molecule has 1 aliphatic carbocycles. The first kappa shape index (κ1) is 14.0. The Morgan fingerprint density at radius 1 is 1.39 bits per heavy atom. The zero-order valence-corrected chi connectivity index (χ0v) is 12.4. The first-order chi connectivity index (χ1) is 8.40. The van der Waals surface area contributed by atoms with Gasteiger partial charge >= 0.3 is 0 Å². The standard InChI is InChI=1S/C14H24N2OS/c1-11(12-15-8-9-18-12)16-10-14(17)6-4-13(2,3)5-7-14/h8-9,11,16-17H,4-7,10H2,1-3H3. The average Bonchev–Trinajstić information content (AvgIpc) is 2.85. The van der Waals surface area contributed by atoms with Crippen LogP contribution in [0, 0.1) is 5.41 Å². The smallest absolute Gasteiger partial charge is 0.109 e. The van der Waals surface area contributed by atoms with E-state index in [0.717, 1.165) is 30.7 Å². The Morgan fingerprint density at radius 2 is 2.06 bits per heavy atom. The predicted octanol–water partition coefficient (Wildman–Crippen LogP) is 3.13. The van der Waals surface area contributed by atoms with Crippen LogP contribution in [0.4, 0.5) is 0 Å². The summed E-state index contributed by atoms with van der Waals surface area (Å²) in [5.41, 5.74) is -0.131.